The van der Waals surface area contributed by atoms with Gasteiger partial charge in [-0.2, -0.15) is 0 Å². The molecule has 0 saturated carbocycles. The van der Waals surface area contributed by atoms with Gasteiger partial charge in [-0.25, -0.2) is 0 Å². The van der Waals surface area contributed by atoms with Crippen LogP contribution < -0.4 is 10.6 Å². The second-order valence-electron chi connectivity index (χ2n) is 4.46. The lowest BCUT2D eigenvalue weighted by Crippen LogP contribution is -2.25. The highest BCUT2D eigenvalue weighted by Crippen LogP contribution is 2.31. The minimum Gasteiger partial charge on any atom is -0.383 e. The predicted octanol–water partition coefficient (Wildman–Crippen LogP) is 2.74. The fourth-order valence-corrected chi connectivity index (χ4v) is 2.72. The first-order valence-electron chi connectivity index (χ1n) is 5.98. The molecule has 1 aliphatic rings. The van der Waals surface area contributed by atoms with Crippen molar-refractivity contribution in [1.82, 2.24) is 5.32 Å². The number of hydrogen-bond donors (Lipinski definition) is 2. The molecule has 0 aliphatic carbocycles. The van der Waals surface area contributed by atoms with E-state index in [0.29, 0.717) is 6.04 Å². The Morgan fingerprint density at radius 3 is 3.12 bits per heavy atom. The van der Waals surface area contributed by atoms with Gasteiger partial charge in [0, 0.05) is 28.9 Å². The molecule has 1 aliphatic heterocycles. The Morgan fingerprint density at radius 1 is 1.44 bits per heavy atom. The van der Waals surface area contributed by atoms with E-state index in [1.54, 1.807) is 0 Å². The standard InChI is InChI=1S/C13H20N2S/c1-10(2)14-6-5-11-3-4-13-12(9-11)15-7-8-16-13/h3-4,9-10,14-15H,5-8H2,1-2H3. The van der Waals surface area contributed by atoms with Gasteiger partial charge in [-0.1, -0.05) is 19.9 Å². The Labute approximate surface area is 102 Å². The lowest BCUT2D eigenvalue weighted by molar-refractivity contribution is 0.590. The van der Waals surface area contributed by atoms with Crippen molar-refractivity contribution in [3.05, 3.63) is 23.8 Å². The molecule has 2 nitrogen and oxygen atoms in total. The maximum absolute atomic E-state index is 3.46. The van der Waals surface area contributed by atoms with E-state index in [4.69, 9.17) is 0 Å². The monoisotopic (exact) mass is 236 g/mol. The van der Waals surface area contributed by atoms with Crippen molar-refractivity contribution in [2.75, 3.05) is 24.2 Å². The number of fused-ring (bicyclic) bond motifs is 1. The number of nitrogens with one attached hydrogen (secondary N) is 2. The van der Waals surface area contributed by atoms with Crippen LogP contribution in [0.5, 0.6) is 0 Å². The molecule has 0 bridgehead atoms. The topological polar surface area (TPSA) is 24.1 Å². The van der Waals surface area contributed by atoms with Crippen LogP contribution in [0, 0.1) is 0 Å². The van der Waals surface area contributed by atoms with Crippen LogP contribution in [0.15, 0.2) is 23.1 Å². The zero-order valence-corrected chi connectivity index (χ0v) is 10.9. The third-order valence-electron chi connectivity index (χ3n) is 2.69. The highest BCUT2D eigenvalue weighted by molar-refractivity contribution is 7.99. The minimum absolute atomic E-state index is 0.575. The molecule has 2 rings (SSSR count). The Balaban J connectivity index is 1.95. The summed E-state index contributed by atoms with van der Waals surface area (Å²) in [5.41, 5.74) is 2.74. The van der Waals surface area contributed by atoms with Crippen LogP contribution in [-0.4, -0.2) is 24.9 Å². The van der Waals surface area contributed by atoms with E-state index >= 15 is 0 Å². The third kappa shape index (κ3) is 3.16. The quantitative estimate of drug-likeness (QED) is 0.840. The highest BCUT2D eigenvalue weighted by Gasteiger charge is 2.08. The molecule has 0 radical (unpaired) electrons. The number of benzene rings is 1. The molecular formula is C13H20N2S. The largest absolute Gasteiger partial charge is 0.383 e. The molecule has 1 aromatic rings. The number of anilines is 1. The first kappa shape index (κ1) is 11.8. The van der Waals surface area contributed by atoms with Crippen molar-refractivity contribution < 1.29 is 0 Å². The van der Waals surface area contributed by atoms with E-state index in [1.807, 2.05) is 11.8 Å². The molecule has 16 heavy (non-hydrogen) atoms. The van der Waals surface area contributed by atoms with Gasteiger partial charge < -0.3 is 10.6 Å². The molecule has 0 aromatic heterocycles. The maximum atomic E-state index is 3.46. The molecule has 0 spiro atoms. The first-order valence-corrected chi connectivity index (χ1v) is 6.97. The maximum Gasteiger partial charge on any atom is 0.0481 e. The highest BCUT2D eigenvalue weighted by atomic mass is 32.2. The summed E-state index contributed by atoms with van der Waals surface area (Å²) in [6.45, 7) is 6.52. The van der Waals surface area contributed by atoms with Crippen LogP contribution in [0.25, 0.3) is 0 Å². The lowest BCUT2D eigenvalue weighted by Gasteiger charge is -2.18. The molecule has 0 fully saturated rings. The molecule has 0 saturated heterocycles. The summed E-state index contributed by atoms with van der Waals surface area (Å²) in [6.07, 6.45) is 1.11. The summed E-state index contributed by atoms with van der Waals surface area (Å²) in [7, 11) is 0. The summed E-state index contributed by atoms with van der Waals surface area (Å²) < 4.78 is 0. The van der Waals surface area contributed by atoms with E-state index in [0.717, 1.165) is 19.5 Å². The zero-order chi connectivity index (χ0) is 11.4. The molecule has 88 valence electrons. The summed E-state index contributed by atoms with van der Waals surface area (Å²) >= 11 is 1.95. The third-order valence-corrected chi connectivity index (χ3v) is 3.76. The predicted molar refractivity (Wildman–Crippen MR) is 72.5 cm³/mol. The van der Waals surface area contributed by atoms with Crippen LogP contribution in [-0.2, 0) is 6.42 Å². The van der Waals surface area contributed by atoms with Crippen molar-refractivity contribution in [2.24, 2.45) is 0 Å². The molecule has 1 aromatic carbocycles. The van der Waals surface area contributed by atoms with Crippen molar-refractivity contribution in [3.63, 3.8) is 0 Å². The SMILES string of the molecule is CC(C)NCCc1ccc2c(c1)NCCS2. The Kier molecular flexibility index (Phi) is 4.13. The van der Waals surface area contributed by atoms with Crippen molar-refractivity contribution in [2.45, 2.75) is 31.2 Å². The molecule has 0 unspecified atom stereocenters. The smallest absolute Gasteiger partial charge is 0.0481 e. The number of rotatable bonds is 4. The van der Waals surface area contributed by atoms with E-state index in [2.05, 4.69) is 42.7 Å². The molecule has 3 heteroatoms. The average Bonchev–Trinajstić information content (AvgIpc) is 2.28. The normalized spacial score (nSPS) is 14.7. The average molecular weight is 236 g/mol. The molecule has 0 amide bonds. The van der Waals surface area contributed by atoms with Gasteiger partial charge in [-0.3, -0.25) is 0 Å². The number of hydrogen-bond acceptors (Lipinski definition) is 3. The van der Waals surface area contributed by atoms with Crippen molar-refractivity contribution in [3.8, 4) is 0 Å². The summed E-state index contributed by atoms with van der Waals surface area (Å²) in [5.74, 6) is 1.18. The second-order valence-corrected chi connectivity index (χ2v) is 5.60. The van der Waals surface area contributed by atoms with Gasteiger partial charge in [0.15, 0.2) is 0 Å². The van der Waals surface area contributed by atoms with Gasteiger partial charge in [-0.05, 0) is 30.7 Å². The van der Waals surface area contributed by atoms with Crippen LogP contribution in [0.4, 0.5) is 5.69 Å². The Hall–Kier alpha value is -0.670. The van der Waals surface area contributed by atoms with Crippen molar-refractivity contribution >= 4 is 17.4 Å². The van der Waals surface area contributed by atoms with Gasteiger partial charge >= 0.3 is 0 Å². The van der Waals surface area contributed by atoms with E-state index < -0.39 is 0 Å². The van der Waals surface area contributed by atoms with Crippen LogP contribution >= 0.6 is 11.8 Å². The zero-order valence-electron chi connectivity index (χ0n) is 10.0. The van der Waals surface area contributed by atoms with Gasteiger partial charge in [0.05, 0.1) is 0 Å². The van der Waals surface area contributed by atoms with Gasteiger partial charge in [-0.15, -0.1) is 11.8 Å². The van der Waals surface area contributed by atoms with E-state index in [9.17, 15) is 0 Å². The van der Waals surface area contributed by atoms with E-state index in [-0.39, 0.29) is 0 Å². The summed E-state index contributed by atoms with van der Waals surface area (Å²) in [6, 6.07) is 7.37. The number of thioether (sulfide) groups is 1. The first-order chi connectivity index (χ1) is 7.75. The Bertz CT molecular complexity index is 350. The summed E-state index contributed by atoms with van der Waals surface area (Å²) in [4.78, 5) is 1.40. The second kappa shape index (κ2) is 5.60. The molecular weight excluding hydrogens is 216 g/mol. The van der Waals surface area contributed by atoms with Gasteiger partial charge in [0.25, 0.3) is 0 Å². The van der Waals surface area contributed by atoms with Crippen LogP contribution in [0.1, 0.15) is 19.4 Å². The van der Waals surface area contributed by atoms with Crippen molar-refractivity contribution in [1.29, 1.82) is 0 Å². The Morgan fingerprint density at radius 2 is 2.31 bits per heavy atom. The van der Waals surface area contributed by atoms with Crippen LogP contribution in [0.3, 0.4) is 0 Å². The minimum atomic E-state index is 0.575. The van der Waals surface area contributed by atoms with Crippen LogP contribution in [0.2, 0.25) is 0 Å². The fourth-order valence-electron chi connectivity index (χ4n) is 1.85. The van der Waals surface area contributed by atoms with Gasteiger partial charge in [0.2, 0.25) is 0 Å². The summed E-state index contributed by atoms with van der Waals surface area (Å²) in [5, 5.41) is 6.91. The lowest BCUT2D eigenvalue weighted by atomic mass is 10.1. The fraction of sp³-hybridized carbons (Fsp3) is 0.538. The van der Waals surface area contributed by atoms with Gasteiger partial charge in [0.1, 0.15) is 0 Å². The molecule has 1 heterocycles. The molecule has 2 N–H and O–H groups in total. The molecule has 0 atom stereocenters. The van der Waals surface area contributed by atoms with E-state index in [1.165, 1.54) is 21.9 Å².